The van der Waals surface area contributed by atoms with Crippen LogP contribution in [0.4, 0.5) is 13.2 Å². The molecule has 0 N–H and O–H groups in total. The first-order chi connectivity index (χ1) is 14.8. The Morgan fingerprint density at radius 2 is 2.03 bits per heavy atom. The highest BCUT2D eigenvalue weighted by Gasteiger charge is 2.42. The highest BCUT2D eigenvalue weighted by atomic mass is 19.4. The molecule has 3 aromatic heterocycles. The van der Waals surface area contributed by atoms with Gasteiger partial charge in [0.2, 0.25) is 5.88 Å². The van der Waals surface area contributed by atoms with Gasteiger partial charge in [0.15, 0.2) is 11.5 Å². The van der Waals surface area contributed by atoms with Gasteiger partial charge in [-0.3, -0.25) is 4.79 Å². The maximum atomic E-state index is 13.9. The van der Waals surface area contributed by atoms with Crippen molar-refractivity contribution in [1.29, 1.82) is 0 Å². The van der Waals surface area contributed by atoms with Crippen molar-refractivity contribution < 1.29 is 22.7 Å². The van der Waals surface area contributed by atoms with Crippen LogP contribution in [0.25, 0.3) is 5.82 Å². The van der Waals surface area contributed by atoms with Gasteiger partial charge in [0.25, 0.3) is 5.91 Å². The number of carbonyl (C=O) groups excluding carboxylic acids is 1. The highest BCUT2D eigenvalue weighted by molar-refractivity contribution is 5.95. The van der Waals surface area contributed by atoms with E-state index in [0.29, 0.717) is 23.5 Å². The maximum absolute atomic E-state index is 13.9. The topological polar surface area (TPSA) is 104 Å². The minimum absolute atomic E-state index is 0.109. The molecule has 4 heterocycles. The number of piperidine rings is 1. The molecule has 1 saturated heterocycles. The number of hydrogen-bond donors (Lipinski definition) is 0. The lowest BCUT2D eigenvalue weighted by Gasteiger charge is -2.32. The molecular formula is C18H19F3N8O2. The quantitative estimate of drug-likeness (QED) is 0.615. The van der Waals surface area contributed by atoms with E-state index in [0.717, 1.165) is 12.6 Å². The Hall–Kier alpha value is -3.51. The fourth-order valence-corrected chi connectivity index (χ4v) is 3.69. The molecule has 0 aliphatic carbocycles. The van der Waals surface area contributed by atoms with Crippen molar-refractivity contribution in [3.8, 4) is 11.7 Å². The van der Waals surface area contributed by atoms with E-state index in [1.54, 1.807) is 17.9 Å². The molecule has 31 heavy (non-hydrogen) atoms. The second kappa shape index (κ2) is 7.96. The summed E-state index contributed by atoms with van der Waals surface area (Å²) in [6.07, 6.45) is -0.950. The minimum Gasteiger partial charge on any atom is -0.480 e. The molecule has 0 saturated carbocycles. The Bertz CT molecular complexity index is 1080. The molecule has 0 unspecified atom stereocenters. The normalized spacial score (nSPS) is 17.1. The molecule has 1 fully saturated rings. The average molecular weight is 436 g/mol. The van der Waals surface area contributed by atoms with Gasteiger partial charge in [-0.05, 0) is 18.9 Å². The fraction of sp³-hybridized carbons (Fsp3) is 0.444. The van der Waals surface area contributed by atoms with Gasteiger partial charge < -0.3 is 14.2 Å². The van der Waals surface area contributed by atoms with Crippen LogP contribution in [0.1, 0.15) is 40.6 Å². The van der Waals surface area contributed by atoms with Crippen molar-refractivity contribution in [2.45, 2.75) is 24.9 Å². The predicted octanol–water partition coefficient (Wildman–Crippen LogP) is 1.84. The lowest BCUT2D eigenvalue weighted by atomic mass is 9.96. The number of carbonyl (C=O) groups is 1. The third-order valence-corrected chi connectivity index (χ3v) is 5.14. The molecular weight excluding hydrogens is 417 g/mol. The second-order valence-corrected chi connectivity index (χ2v) is 7.14. The largest absolute Gasteiger partial charge is 0.480 e. The first kappa shape index (κ1) is 20.8. The fourth-order valence-electron chi connectivity index (χ4n) is 3.69. The van der Waals surface area contributed by atoms with Crippen LogP contribution in [0, 0.1) is 0 Å². The van der Waals surface area contributed by atoms with Crippen molar-refractivity contribution in [3.63, 3.8) is 0 Å². The summed E-state index contributed by atoms with van der Waals surface area (Å²) >= 11 is 0. The van der Waals surface area contributed by atoms with E-state index in [-0.39, 0.29) is 24.2 Å². The van der Waals surface area contributed by atoms with Gasteiger partial charge in [-0.1, -0.05) is 0 Å². The van der Waals surface area contributed by atoms with Crippen molar-refractivity contribution in [2.75, 3.05) is 20.2 Å². The number of methoxy groups -OCH3 is 1. The summed E-state index contributed by atoms with van der Waals surface area (Å²) in [6.45, 7) is 0.591. The van der Waals surface area contributed by atoms with Crippen LogP contribution in [-0.4, -0.2) is 65.7 Å². The number of aryl methyl sites for hydroxylation is 1. The molecule has 1 aliphatic rings. The summed E-state index contributed by atoms with van der Waals surface area (Å²) in [5, 5.41) is 19.1. The highest BCUT2D eigenvalue weighted by Crippen LogP contribution is 2.35. The maximum Gasteiger partial charge on any atom is 0.434 e. The second-order valence-electron chi connectivity index (χ2n) is 7.14. The molecule has 1 amide bonds. The third kappa shape index (κ3) is 3.94. The van der Waals surface area contributed by atoms with E-state index in [1.165, 1.54) is 24.1 Å². The summed E-state index contributed by atoms with van der Waals surface area (Å²) < 4.78 is 49.0. The van der Waals surface area contributed by atoms with Crippen LogP contribution < -0.4 is 4.74 Å². The molecule has 4 rings (SSSR count). The number of aromatic nitrogens is 7. The SMILES string of the molecule is COc1ccc(-n2ncc(C(=O)N3CCC[C@H](c4nncn4C)C3)c2C(F)(F)F)nn1. The van der Waals surface area contributed by atoms with Crippen molar-refractivity contribution in [3.05, 3.63) is 41.7 Å². The Morgan fingerprint density at radius 3 is 2.65 bits per heavy atom. The van der Waals surface area contributed by atoms with Crippen molar-refractivity contribution in [1.82, 2.24) is 39.6 Å². The number of nitrogens with zero attached hydrogens (tertiary/aromatic N) is 8. The van der Waals surface area contributed by atoms with E-state index in [4.69, 9.17) is 4.74 Å². The summed E-state index contributed by atoms with van der Waals surface area (Å²) in [7, 11) is 3.15. The van der Waals surface area contributed by atoms with Gasteiger partial charge in [-0.15, -0.1) is 20.4 Å². The summed E-state index contributed by atoms with van der Waals surface area (Å²) in [4.78, 5) is 14.5. The number of alkyl halides is 3. The van der Waals surface area contributed by atoms with Crippen LogP contribution in [0.5, 0.6) is 5.88 Å². The molecule has 10 nitrogen and oxygen atoms in total. The molecule has 1 atom stereocenters. The molecule has 164 valence electrons. The van der Waals surface area contributed by atoms with Gasteiger partial charge in [0, 0.05) is 32.1 Å². The molecule has 13 heteroatoms. The van der Waals surface area contributed by atoms with Gasteiger partial charge in [-0.25, -0.2) is 4.68 Å². The summed E-state index contributed by atoms with van der Waals surface area (Å²) in [6, 6.07) is 2.65. The number of rotatable bonds is 4. The van der Waals surface area contributed by atoms with Gasteiger partial charge in [0.1, 0.15) is 12.2 Å². The first-order valence-electron chi connectivity index (χ1n) is 9.46. The van der Waals surface area contributed by atoms with Crippen LogP contribution >= 0.6 is 0 Å². The smallest absolute Gasteiger partial charge is 0.434 e. The van der Waals surface area contributed by atoms with Crippen molar-refractivity contribution in [2.24, 2.45) is 7.05 Å². The van der Waals surface area contributed by atoms with Crippen molar-refractivity contribution >= 4 is 5.91 Å². The monoisotopic (exact) mass is 436 g/mol. The number of hydrogen-bond acceptors (Lipinski definition) is 7. The Morgan fingerprint density at radius 1 is 1.23 bits per heavy atom. The molecule has 3 aromatic rings. The van der Waals surface area contributed by atoms with Gasteiger partial charge in [0.05, 0.1) is 18.9 Å². The van der Waals surface area contributed by atoms with Crippen LogP contribution in [0.2, 0.25) is 0 Å². The van der Waals surface area contributed by atoms with E-state index in [9.17, 15) is 18.0 Å². The van der Waals surface area contributed by atoms with Crippen LogP contribution in [0.15, 0.2) is 24.7 Å². The molecule has 0 bridgehead atoms. The molecule has 0 radical (unpaired) electrons. The molecule has 1 aliphatic heterocycles. The van der Waals surface area contributed by atoms with Crippen LogP contribution in [-0.2, 0) is 13.2 Å². The zero-order valence-corrected chi connectivity index (χ0v) is 16.7. The van der Waals surface area contributed by atoms with Crippen LogP contribution in [0.3, 0.4) is 0 Å². The lowest BCUT2D eigenvalue weighted by molar-refractivity contribution is -0.143. The van der Waals surface area contributed by atoms with E-state index >= 15 is 0 Å². The zero-order chi connectivity index (χ0) is 22.2. The van der Waals surface area contributed by atoms with E-state index in [1.807, 2.05) is 0 Å². The number of likely N-dealkylation sites (tertiary alicyclic amines) is 1. The average Bonchev–Trinajstić information content (AvgIpc) is 3.40. The number of halogens is 3. The Labute approximate surface area is 174 Å². The molecule has 0 aromatic carbocycles. The predicted molar refractivity (Wildman–Crippen MR) is 99.6 cm³/mol. The first-order valence-corrected chi connectivity index (χ1v) is 9.46. The summed E-state index contributed by atoms with van der Waals surface area (Å²) in [5.41, 5.74) is -1.73. The third-order valence-electron chi connectivity index (χ3n) is 5.14. The number of ether oxygens (including phenoxy) is 1. The van der Waals surface area contributed by atoms with Gasteiger partial charge in [-0.2, -0.15) is 18.3 Å². The Kier molecular flexibility index (Phi) is 5.33. The minimum atomic E-state index is -4.83. The standard InChI is InChI=1S/C18H19F3N8O2/c1-27-10-22-26-16(27)11-4-3-7-28(9-11)17(30)12-8-23-29(15(12)18(19,20)21)13-5-6-14(31-2)25-24-13/h5-6,8,10-11H,3-4,7,9H2,1-2H3/t11-/m0/s1. The van der Waals surface area contributed by atoms with Gasteiger partial charge >= 0.3 is 6.18 Å². The van der Waals surface area contributed by atoms with E-state index < -0.39 is 23.3 Å². The Balaban J connectivity index is 1.66. The summed E-state index contributed by atoms with van der Waals surface area (Å²) in [5.74, 6) is -0.196. The zero-order valence-electron chi connectivity index (χ0n) is 16.7. The molecule has 0 spiro atoms. The number of amides is 1. The lowest BCUT2D eigenvalue weighted by Crippen LogP contribution is -2.40. The van der Waals surface area contributed by atoms with E-state index in [2.05, 4.69) is 25.5 Å².